The van der Waals surface area contributed by atoms with Gasteiger partial charge in [-0.1, -0.05) is 6.07 Å². The molecule has 2 aliphatic heterocycles. The molecule has 5 N–H and O–H groups in total. The summed E-state index contributed by atoms with van der Waals surface area (Å²) >= 11 is 0. The quantitative estimate of drug-likeness (QED) is 0.385. The molecule has 1 atom stereocenters. The van der Waals surface area contributed by atoms with Crippen LogP contribution in [0.1, 0.15) is 35.2 Å². The number of amides is 1. The Kier molecular flexibility index (Phi) is 6.43. The molecule has 0 spiro atoms. The third-order valence-electron chi connectivity index (χ3n) is 5.19. The number of nitrogens with one attached hydrogen (secondary N) is 1. The zero-order chi connectivity index (χ0) is 20.3. The van der Waals surface area contributed by atoms with Gasteiger partial charge in [0.25, 0.3) is 0 Å². The molecule has 10 heteroatoms. The van der Waals surface area contributed by atoms with Crippen LogP contribution >= 0.6 is 0 Å². The Balaban J connectivity index is 1.59. The average molecular weight is 392 g/mol. The van der Waals surface area contributed by atoms with E-state index in [1.165, 1.54) is 12.1 Å². The molecule has 0 unspecified atom stereocenters. The molecule has 2 saturated heterocycles. The van der Waals surface area contributed by atoms with Crippen molar-refractivity contribution < 1.29 is 34.6 Å². The minimum absolute atomic E-state index is 0.0254. The first-order valence-electron chi connectivity index (χ1n) is 9.47. The van der Waals surface area contributed by atoms with Crippen molar-refractivity contribution in [3.63, 3.8) is 0 Å². The molecule has 1 aromatic carbocycles. The van der Waals surface area contributed by atoms with Gasteiger partial charge in [-0.3, -0.25) is 4.79 Å². The number of carbonyl (C=O) groups is 2. The predicted octanol–water partition coefficient (Wildman–Crippen LogP) is -0.163. The van der Waals surface area contributed by atoms with Crippen LogP contribution in [0.3, 0.4) is 0 Å². The number of hydrogen-bond donors (Lipinski definition) is 5. The standard InChI is InChI=1S/C18H25BN2O7/c22-15(8-12-2-1-7-20-12)21-9-13(10-21)28-14-4-3-11(5-6-19(26)27)17(23)16(14)18(24)25/h3-4,12-13,20,23,26-27H,1-2,5-10H2,(H,24,25)/t12-/m0/s1. The highest BCUT2D eigenvalue weighted by molar-refractivity contribution is 6.41. The number of carboxylic acid groups (broad SMARTS) is 1. The first kappa shape index (κ1) is 20.4. The van der Waals surface area contributed by atoms with Gasteiger partial charge in [0.1, 0.15) is 23.2 Å². The van der Waals surface area contributed by atoms with E-state index in [2.05, 4.69) is 5.32 Å². The monoisotopic (exact) mass is 392 g/mol. The Morgan fingerprint density at radius 3 is 2.64 bits per heavy atom. The lowest BCUT2D eigenvalue weighted by molar-refractivity contribution is -0.140. The first-order chi connectivity index (χ1) is 13.3. The number of phenols is 1. The molecule has 28 heavy (non-hydrogen) atoms. The van der Waals surface area contributed by atoms with Gasteiger partial charge in [0, 0.05) is 12.5 Å². The van der Waals surface area contributed by atoms with E-state index < -0.39 is 18.8 Å². The molecule has 0 aliphatic carbocycles. The van der Waals surface area contributed by atoms with Gasteiger partial charge in [-0.25, -0.2) is 4.79 Å². The molecule has 2 heterocycles. The smallest absolute Gasteiger partial charge is 0.451 e. The maximum Gasteiger partial charge on any atom is 0.451 e. The van der Waals surface area contributed by atoms with Crippen molar-refractivity contribution >= 4 is 19.0 Å². The van der Waals surface area contributed by atoms with Crippen molar-refractivity contribution in [3.8, 4) is 11.5 Å². The summed E-state index contributed by atoms with van der Waals surface area (Å²) in [6.45, 7) is 1.70. The number of hydrogen-bond acceptors (Lipinski definition) is 7. The lowest BCUT2D eigenvalue weighted by atomic mass is 9.82. The molecule has 0 bridgehead atoms. The van der Waals surface area contributed by atoms with Crippen molar-refractivity contribution in [2.45, 2.75) is 44.1 Å². The molecule has 1 amide bonds. The van der Waals surface area contributed by atoms with Gasteiger partial charge >= 0.3 is 13.1 Å². The Morgan fingerprint density at radius 2 is 2.04 bits per heavy atom. The number of ether oxygens (including phenoxy) is 1. The Hall–Kier alpha value is -2.30. The van der Waals surface area contributed by atoms with Crippen molar-refractivity contribution in [1.29, 1.82) is 0 Å². The third-order valence-corrected chi connectivity index (χ3v) is 5.19. The van der Waals surface area contributed by atoms with Crippen LogP contribution in [0, 0.1) is 0 Å². The first-order valence-corrected chi connectivity index (χ1v) is 9.47. The van der Waals surface area contributed by atoms with Crippen LogP contribution < -0.4 is 10.1 Å². The number of aromatic hydroxyl groups is 1. The number of carbonyl (C=O) groups excluding carboxylic acids is 1. The molecule has 2 aliphatic rings. The van der Waals surface area contributed by atoms with Gasteiger partial charge in [0.15, 0.2) is 0 Å². The number of likely N-dealkylation sites (tertiary alicyclic amines) is 1. The van der Waals surface area contributed by atoms with E-state index in [0.717, 1.165) is 19.4 Å². The lowest BCUT2D eigenvalue weighted by Crippen LogP contribution is -2.56. The molecular weight excluding hydrogens is 367 g/mol. The topological polar surface area (TPSA) is 140 Å². The van der Waals surface area contributed by atoms with E-state index in [9.17, 15) is 19.8 Å². The zero-order valence-electron chi connectivity index (χ0n) is 15.5. The molecule has 1 aromatic rings. The maximum absolute atomic E-state index is 12.2. The summed E-state index contributed by atoms with van der Waals surface area (Å²) in [6.07, 6.45) is 2.30. The highest BCUT2D eigenvalue weighted by Gasteiger charge is 2.34. The average Bonchev–Trinajstić information content (AvgIpc) is 3.09. The van der Waals surface area contributed by atoms with Crippen LogP contribution in [0.4, 0.5) is 0 Å². The second-order valence-electron chi connectivity index (χ2n) is 7.31. The van der Waals surface area contributed by atoms with Crippen LogP contribution in [0.5, 0.6) is 11.5 Å². The van der Waals surface area contributed by atoms with Gasteiger partial charge in [-0.15, -0.1) is 0 Å². The van der Waals surface area contributed by atoms with E-state index >= 15 is 0 Å². The molecule has 0 saturated carbocycles. The molecule has 9 nitrogen and oxygen atoms in total. The summed E-state index contributed by atoms with van der Waals surface area (Å²) in [5, 5.41) is 40.9. The summed E-state index contributed by atoms with van der Waals surface area (Å²) in [4.78, 5) is 25.5. The minimum atomic E-state index is -1.54. The van der Waals surface area contributed by atoms with E-state index in [1.807, 2.05) is 0 Å². The summed E-state index contributed by atoms with van der Waals surface area (Å²) in [6, 6.07) is 3.19. The maximum atomic E-state index is 12.2. The number of benzene rings is 1. The van der Waals surface area contributed by atoms with Gasteiger partial charge in [0.2, 0.25) is 5.91 Å². The fraction of sp³-hybridized carbons (Fsp3) is 0.556. The number of aromatic carboxylic acids is 1. The Bertz CT molecular complexity index is 731. The van der Waals surface area contributed by atoms with Crippen molar-refractivity contribution in [2.24, 2.45) is 0 Å². The summed E-state index contributed by atoms with van der Waals surface area (Å²) in [7, 11) is -1.54. The largest absolute Gasteiger partial charge is 0.507 e. The van der Waals surface area contributed by atoms with Crippen LogP contribution in [0.15, 0.2) is 12.1 Å². The molecular formula is C18H25BN2O7. The lowest BCUT2D eigenvalue weighted by Gasteiger charge is -2.39. The highest BCUT2D eigenvalue weighted by Crippen LogP contribution is 2.34. The molecule has 152 valence electrons. The van der Waals surface area contributed by atoms with E-state index in [1.54, 1.807) is 4.90 Å². The van der Waals surface area contributed by atoms with Crippen LogP contribution in [-0.4, -0.2) is 75.9 Å². The molecule has 2 fully saturated rings. The van der Waals surface area contributed by atoms with Gasteiger partial charge < -0.3 is 35.2 Å². The third kappa shape index (κ3) is 4.75. The van der Waals surface area contributed by atoms with Gasteiger partial charge in [0.05, 0.1) is 13.1 Å². The fourth-order valence-corrected chi connectivity index (χ4v) is 3.57. The number of carboxylic acids is 1. The van der Waals surface area contributed by atoms with Gasteiger partial charge in [-0.2, -0.15) is 0 Å². The van der Waals surface area contributed by atoms with Crippen LogP contribution in [0.25, 0.3) is 0 Å². The Morgan fingerprint density at radius 1 is 1.29 bits per heavy atom. The zero-order valence-corrected chi connectivity index (χ0v) is 15.5. The fourth-order valence-electron chi connectivity index (χ4n) is 3.57. The van der Waals surface area contributed by atoms with E-state index in [4.69, 9.17) is 14.8 Å². The summed E-state index contributed by atoms with van der Waals surface area (Å²) in [5.74, 6) is -1.69. The second-order valence-corrected chi connectivity index (χ2v) is 7.31. The SMILES string of the molecule is O=C(O)c1c(OC2CN(C(=O)C[C@@H]3CCCN3)C2)ccc(CCB(O)O)c1O. The van der Waals surface area contributed by atoms with E-state index in [-0.39, 0.29) is 42.1 Å². The van der Waals surface area contributed by atoms with E-state index in [0.29, 0.717) is 25.1 Å². The Labute approximate surface area is 163 Å². The number of rotatable bonds is 8. The minimum Gasteiger partial charge on any atom is -0.507 e. The van der Waals surface area contributed by atoms with Crippen molar-refractivity contribution in [2.75, 3.05) is 19.6 Å². The summed E-state index contributed by atoms with van der Waals surface area (Å²) < 4.78 is 5.71. The van der Waals surface area contributed by atoms with Crippen molar-refractivity contribution in [1.82, 2.24) is 10.2 Å². The number of aryl methyl sites for hydroxylation is 1. The van der Waals surface area contributed by atoms with Crippen LogP contribution in [0.2, 0.25) is 6.32 Å². The predicted molar refractivity (Wildman–Crippen MR) is 100 cm³/mol. The summed E-state index contributed by atoms with van der Waals surface area (Å²) in [5.41, 5.74) is -0.0582. The molecule has 0 aromatic heterocycles. The highest BCUT2D eigenvalue weighted by atomic mass is 16.5. The normalized spacial score (nSPS) is 19.4. The van der Waals surface area contributed by atoms with Gasteiger partial charge in [-0.05, 0) is 43.8 Å². The second kappa shape index (κ2) is 8.81. The van der Waals surface area contributed by atoms with Crippen molar-refractivity contribution in [3.05, 3.63) is 23.3 Å². The van der Waals surface area contributed by atoms with Crippen LogP contribution in [-0.2, 0) is 11.2 Å². The molecule has 0 radical (unpaired) electrons. The number of nitrogens with zero attached hydrogens (tertiary/aromatic N) is 1. The molecule has 3 rings (SSSR count).